The van der Waals surface area contributed by atoms with Gasteiger partial charge in [0.1, 0.15) is 11.5 Å². The average molecular weight is 466 g/mol. The molecule has 0 saturated carbocycles. The first kappa shape index (κ1) is 24.0. The van der Waals surface area contributed by atoms with E-state index in [0.29, 0.717) is 55.4 Å². The summed E-state index contributed by atoms with van der Waals surface area (Å²) >= 11 is 0. The van der Waals surface area contributed by atoms with Gasteiger partial charge in [0, 0.05) is 44.2 Å². The molecule has 4 rings (SSSR count). The number of furan rings is 1. The summed E-state index contributed by atoms with van der Waals surface area (Å²) in [6, 6.07) is 3.92. The number of piperazine rings is 1. The maximum Gasteiger partial charge on any atom is 0.254 e. The summed E-state index contributed by atoms with van der Waals surface area (Å²) < 4.78 is 7.58. The van der Waals surface area contributed by atoms with Crippen LogP contribution in [0.2, 0.25) is 0 Å². The molecule has 8 heteroatoms. The number of nitrogens with zero attached hydrogens (tertiary/aromatic N) is 5. The van der Waals surface area contributed by atoms with Crippen LogP contribution < -0.4 is 0 Å². The number of hydrogen-bond acceptors (Lipinski definition) is 5. The van der Waals surface area contributed by atoms with Crippen molar-refractivity contribution >= 4 is 22.8 Å². The Hall–Kier alpha value is -3.16. The fourth-order valence-electron chi connectivity index (χ4n) is 4.50. The molecule has 1 aliphatic rings. The molecule has 1 aliphatic heterocycles. The molecule has 3 aromatic rings. The van der Waals surface area contributed by atoms with Crippen LogP contribution in [0.3, 0.4) is 0 Å². The first-order chi connectivity index (χ1) is 16.2. The largest absolute Gasteiger partial charge is 0.466 e. The number of carbonyl (C=O) groups is 2. The summed E-state index contributed by atoms with van der Waals surface area (Å²) in [6.45, 7) is 14.3. The van der Waals surface area contributed by atoms with Gasteiger partial charge in [0.2, 0.25) is 5.91 Å². The third-order valence-corrected chi connectivity index (χ3v) is 6.46. The van der Waals surface area contributed by atoms with Gasteiger partial charge >= 0.3 is 0 Å². The fourth-order valence-corrected chi connectivity index (χ4v) is 4.50. The Bertz CT molecular complexity index is 1200. The van der Waals surface area contributed by atoms with Crippen molar-refractivity contribution in [3.8, 4) is 11.3 Å². The Kier molecular flexibility index (Phi) is 6.77. The third-order valence-electron chi connectivity index (χ3n) is 6.46. The van der Waals surface area contributed by atoms with E-state index in [2.05, 4.69) is 18.9 Å². The minimum Gasteiger partial charge on any atom is -0.466 e. The number of amides is 2. The Labute approximate surface area is 200 Å². The van der Waals surface area contributed by atoms with Gasteiger partial charge in [-0.2, -0.15) is 5.10 Å². The molecule has 0 aromatic carbocycles. The van der Waals surface area contributed by atoms with E-state index in [1.807, 2.05) is 54.3 Å². The molecule has 182 valence electrons. The fraction of sp³-hybridized carbons (Fsp3) is 0.538. The second-order valence-corrected chi connectivity index (χ2v) is 9.91. The molecule has 0 aliphatic carbocycles. The number of hydrogen-bond donors (Lipinski definition) is 0. The minimum atomic E-state index is -0.0518. The van der Waals surface area contributed by atoms with E-state index in [4.69, 9.17) is 9.40 Å². The van der Waals surface area contributed by atoms with Gasteiger partial charge in [-0.3, -0.25) is 9.59 Å². The predicted octanol–water partition coefficient (Wildman–Crippen LogP) is 4.61. The zero-order chi connectivity index (χ0) is 24.6. The summed E-state index contributed by atoms with van der Waals surface area (Å²) in [5.74, 6) is 2.21. The highest BCUT2D eigenvalue weighted by Crippen LogP contribution is 2.30. The molecular weight excluding hydrogens is 430 g/mol. The average Bonchev–Trinajstić information content (AvgIpc) is 3.38. The quantitative estimate of drug-likeness (QED) is 0.531. The molecule has 0 N–H and O–H groups in total. The van der Waals surface area contributed by atoms with Crippen molar-refractivity contribution in [1.82, 2.24) is 24.6 Å². The molecule has 34 heavy (non-hydrogen) atoms. The summed E-state index contributed by atoms with van der Waals surface area (Å²) in [5.41, 5.74) is 2.86. The standard InChI is InChI=1S/C26H35N5O3/c1-16(2)7-8-24(32)29-9-11-30(12-10-29)26(33)21-14-23(20-13-18(5)34-19(20)6)28-25-22(21)15-27-31(25)17(3)4/h13-17H,7-12H2,1-6H3. The van der Waals surface area contributed by atoms with Gasteiger partial charge < -0.3 is 14.2 Å². The molecule has 3 aromatic heterocycles. The first-order valence-corrected chi connectivity index (χ1v) is 12.2. The van der Waals surface area contributed by atoms with Crippen molar-refractivity contribution in [3.05, 3.63) is 35.4 Å². The molecule has 0 radical (unpaired) electrons. The highest BCUT2D eigenvalue weighted by Gasteiger charge is 2.28. The molecule has 0 atom stereocenters. The van der Waals surface area contributed by atoms with Crippen molar-refractivity contribution in [3.63, 3.8) is 0 Å². The highest BCUT2D eigenvalue weighted by atomic mass is 16.3. The van der Waals surface area contributed by atoms with Crippen molar-refractivity contribution in [2.75, 3.05) is 26.2 Å². The number of pyridine rings is 1. The molecule has 0 bridgehead atoms. The first-order valence-electron chi connectivity index (χ1n) is 12.2. The van der Waals surface area contributed by atoms with Crippen LogP contribution in [0.4, 0.5) is 0 Å². The van der Waals surface area contributed by atoms with Crippen molar-refractivity contribution in [1.29, 1.82) is 0 Å². The second-order valence-electron chi connectivity index (χ2n) is 9.91. The van der Waals surface area contributed by atoms with Crippen molar-refractivity contribution in [2.24, 2.45) is 5.92 Å². The van der Waals surface area contributed by atoms with Crippen molar-refractivity contribution < 1.29 is 14.0 Å². The third kappa shape index (κ3) is 4.72. The Morgan fingerprint density at radius 2 is 1.71 bits per heavy atom. The van der Waals surface area contributed by atoms with E-state index >= 15 is 0 Å². The van der Waals surface area contributed by atoms with Crippen molar-refractivity contribution in [2.45, 2.75) is 60.4 Å². The lowest BCUT2D eigenvalue weighted by atomic mass is 10.1. The topological polar surface area (TPSA) is 84.5 Å². The lowest BCUT2D eigenvalue weighted by Crippen LogP contribution is -2.50. The van der Waals surface area contributed by atoms with Crippen LogP contribution in [0.5, 0.6) is 0 Å². The second kappa shape index (κ2) is 9.60. The van der Waals surface area contributed by atoms with E-state index in [9.17, 15) is 9.59 Å². The normalized spacial score (nSPS) is 14.6. The van der Waals surface area contributed by atoms with Gasteiger partial charge in [-0.1, -0.05) is 13.8 Å². The van der Waals surface area contributed by atoms with Crippen LogP contribution in [0.25, 0.3) is 22.3 Å². The number of fused-ring (bicyclic) bond motifs is 1. The molecule has 1 saturated heterocycles. The van der Waals surface area contributed by atoms with Crippen LogP contribution >= 0.6 is 0 Å². The van der Waals surface area contributed by atoms with E-state index in [1.165, 1.54) is 0 Å². The number of aryl methyl sites for hydroxylation is 2. The van der Waals surface area contributed by atoms with E-state index in [0.717, 1.165) is 28.9 Å². The maximum absolute atomic E-state index is 13.7. The minimum absolute atomic E-state index is 0.0518. The van der Waals surface area contributed by atoms with Crippen LogP contribution in [0.15, 0.2) is 22.7 Å². The summed E-state index contributed by atoms with van der Waals surface area (Å²) in [5, 5.41) is 5.27. The van der Waals surface area contributed by atoms with Crippen LogP contribution in [0.1, 0.15) is 68.5 Å². The molecule has 0 spiro atoms. The smallest absolute Gasteiger partial charge is 0.254 e. The number of carbonyl (C=O) groups excluding carboxylic acids is 2. The van der Waals surface area contributed by atoms with E-state index in [1.54, 1.807) is 6.20 Å². The Balaban J connectivity index is 1.63. The highest BCUT2D eigenvalue weighted by molar-refractivity contribution is 6.06. The van der Waals surface area contributed by atoms with Gasteiger partial charge in [0.05, 0.1) is 22.8 Å². The maximum atomic E-state index is 13.7. The lowest BCUT2D eigenvalue weighted by Gasteiger charge is -2.35. The van der Waals surface area contributed by atoms with Gasteiger partial charge in [-0.25, -0.2) is 9.67 Å². The van der Waals surface area contributed by atoms with E-state index < -0.39 is 0 Å². The molecule has 8 nitrogen and oxygen atoms in total. The number of rotatable bonds is 6. The van der Waals surface area contributed by atoms with Gasteiger partial charge in [0.25, 0.3) is 5.91 Å². The van der Waals surface area contributed by atoms with Gasteiger partial charge in [-0.15, -0.1) is 0 Å². The molecular formula is C26H35N5O3. The van der Waals surface area contributed by atoms with E-state index in [-0.39, 0.29) is 17.9 Å². The zero-order valence-corrected chi connectivity index (χ0v) is 21.1. The monoisotopic (exact) mass is 465 g/mol. The summed E-state index contributed by atoms with van der Waals surface area (Å²) in [7, 11) is 0. The Morgan fingerprint density at radius 3 is 2.29 bits per heavy atom. The molecule has 4 heterocycles. The van der Waals surface area contributed by atoms with Gasteiger partial charge in [-0.05, 0) is 52.2 Å². The van der Waals surface area contributed by atoms with Gasteiger partial charge in [0.15, 0.2) is 5.65 Å². The van der Waals surface area contributed by atoms with Crippen LogP contribution in [0, 0.1) is 19.8 Å². The molecule has 0 unspecified atom stereocenters. The molecule has 1 fully saturated rings. The zero-order valence-electron chi connectivity index (χ0n) is 21.1. The van der Waals surface area contributed by atoms with Crippen LogP contribution in [-0.4, -0.2) is 62.6 Å². The van der Waals surface area contributed by atoms with Crippen LogP contribution in [-0.2, 0) is 4.79 Å². The predicted molar refractivity (Wildman–Crippen MR) is 132 cm³/mol. The number of aromatic nitrogens is 3. The molecule has 2 amide bonds. The summed E-state index contributed by atoms with van der Waals surface area (Å²) in [6.07, 6.45) is 3.19. The SMILES string of the molecule is Cc1cc(-c2cc(C(=O)N3CCN(C(=O)CCC(C)C)CC3)c3cnn(C(C)C)c3n2)c(C)o1. The summed E-state index contributed by atoms with van der Waals surface area (Å²) in [4.78, 5) is 34.8. The Morgan fingerprint density at radius 1 is 1.03 bits per heavy atom. The lowest BCUT2D eigenvalue weighted by molar-refractivity contribution is -0.132.